The summed E-state index contributed by atoms with van der Waals surface area (Å²) in [7, 11) is 0. The van der Waals surface area contributed by atoms with Gasteiger partial charge in [0.1, 0.15) is 0 Å². The van der Waals surface area contributed by atoms with E-state index in [1.807, 2.05) is 18.3 Å². The van der Waals surface area contributed by atoms with Gasteiger partial charge in [-0.1, -0.05) is 32.0 Å². The lowest BCUT2D eigenvalue weighted by Gasteiger charge is -2.28. The smallest absolute Gasteiger partial charge is 0.174 e. The molecule has 3 nitrogen and oxygen atoms in total. The second-order valence-corrected chi connectivity index (χ2v) is 8.55. The average Bonchev–Trinajstić information content (AvgIpc) is 3.25. The summed E-state index contributed by atoms with van der Waals surface area (Å²) < 4.78 is 0. The van der Waals surface area contributed by atoms with Crippen molar-refractivity contribution in [3.05, 3.63) is 81.8 Å². The van der Waals surface area contributed by atoms with Crippen LogP contribution in [0.25, 0.3) is 0 Å². The minimum Gasteiger partial charge on any atom is -0.351 e. The third kappa shape index (κ3) is 3.37. The standard InChI is InChI=1S/C22H23N3S2/c1-14(2)16-7-9-17(10-8-16)25-20(21-15(3)11-13-27-21)19(24-22(25)26)18-6-4-5-12-23-18/h4-14,19-20H,1-3H3,(H,24,26)/t19-,20-/m1/s1. The number of hydrogen-bond acceptors (Lipinski definition) is 3. The number of aromatic nitrogens is 1. The molecule has 138 valence electrons. The fourth-order valence-electron chi connectivity index (χ4n) is 3.61. The highest BCUT2D eigenvalue weighted by molar-refractivity contribution is 7.80. The van der Waals surface area contributed by atoms with E-state index in [2.05, 4.69) is 77.8 Å². The van der Waals surface area contributed by atoms with Crippen molar-refractivity contribution in [1.29, 1.82) is 0 Å². The van der Waals surface area contributed by atoms with Crippen molar-refractivity contribution in [2.45, 2.75) is 38.8 Å². The Morgan fingerprint density at radius 2 is 1.89 bits per heavy atom. The van der Waals surface area contributed by atoms with Gasteiger partial charge in [-0.15, -0.1) is 11.3 Å². The number of pyridine rings is 1. The fraction of sp³-hybridized carbons (Fsp3) is 0.273. The number of hydrogen-bond donors (Lipinski definition) is 1. The van der Waals surface area contributed by atoms with E-state index in [0.717, 1.165) is 16.5 Å². The molecule has 1 aliphatic rings. The second-order valence-electron chi connectivity index (χ2n) is 7.21. The van der Waals surface area contributed by atoms with Crippen LogP contribution in [0.1, 0.15) is 53.5 Å². The number of thiophene rings is 1. The molecule has 0 spiro atoms. The van der Waals surface area contributed by atoms with Gasteiger partial charge in [-0.25, -0.2) is 0 Å². The van der Waals surface area contributed by atoms with Gasteiger partial charge in [-0.2, -0.15) is 0 Å². The quantitative estimate of drug-likeness (QED) is 0.571. The molecule has 5 heteroatoms. The first kappa shape index (κ1) is 18.1. The molecule has 1 N–H and O–H groups in total. The van der Waals surface area contributed by atoms with E-state index in [-0.39, 0.29) is 12.1 Å². The van der Waals surface area contributed by atoms with Gasteiger partial charge < -0.3 is 10.2 Å². The van der Waals surface area contributed by atoms with Crippen molar-refractivity contribution < 1.29 is 0 Å². The molecule has 0 saturated carbocycles. The molecule has 1 saturated heterocycles. The maximum Gasteiger partial charge on any atom is 0.174 e. The Bertz CT molecular complexity index is 932. The number of aryl methyl sites for hydroxylation is 1. The molecule has 27 heavy (non-hydrogen) atoms. The van der Waals surface area contributed by atoms with Crippen LogP contribution < -0.4 is 10.2 Å². The van der Waals surface area contributed by atoms with Crippen molar-refractivity contribution in [1.82, 2.24) is 10.3 Å². The molecule has 2 aromatic heterocycles. The number of thiocarbonyl (C=S) groups is 1. The first-order valence-corrected chi connectivity index (χ1v) is 10.5. The summed E-state index contributed by atoms with van der Waals surface area (Å²) in [6.07, 6.45) is 1.85. The second kappa shape index (κ2) is 7.41. The summed E-state index contributed by atoms with van der Waals surface area (Å²) >= 11 is 7.55. The zero-order valence-corrected chi connectivity index (χ0v) is 17.3. The highest BCUT2D eigenvalue weighted by Gasteiger charge is 2.41. The normalized spacial score (nSPS) is 19.6. The Balaban J connectivity index is 1.79. The fourth-order valence-corrected chi connectivity index (χ4v) is 5.01. The van der Waals surface area contributed by atoms with Gasteiger partial charge in [0.15, 0.2) is 5.11 Å². The Morgan fingerprint density at radius 3 is 2.48 bits per heavy atom. The molecule has 0 unspecified atom stereocenters. The molecule has 2 atom stereocenters. The van der Waals surface area contributed by atoms with Gasteiger partial charge in [0.25, 0.3) is 0 Å². The van der Waals surface area contributed by atoms with Gasteiger partial charge in [0, 0.05) is 16.8 Å². The molecule has 1 fully saturated rings. The third-order valence-electron chi connectivity index (χ3n) is 5.11. The van der Waals surface area contributed by atoms with Crippen molar-refractivity contribution in [2.75, 3.05) is 4.90 Å². The third-order valence-corrected chi connectivity index (χ3v) is 6.51. The van der Waals surface area contributed by atoms with Gasteiger partial charge in [0.2, 0.25) is 0 Å². The maximum absolute atomic E-state index is 5.77. The van der Waals surface area contributed by atoms with Crippen molar-refractivity contribution in [3.63, 3.8) is 0 Å². The largest absolute Gasteiger partial charge is 0.351 e. The SMILES string of the molecule is Cc1ccsc1[C@H]1[C@@H](c2ccccn2)NC(=S)N1c1ccc(C(C)C)cc1. The Kier molecular flexibility index (Phi) is 4.98. The molecular weight excluding hydrogens is 370 g/mol. The highest BCUT2D eigenvalue weighted by atomic mass is 32.1. The summed E-state index contributed by atoms with van der Waals surface area (Å²) in [4.78, 5) is 8.18. The van der Waals surface area contributed by atoms with E-state index in [4.69, 9.17) is 12.2 Å². The number of anilines is 1. The number of nitrogens with zero attached hydrogens (tertiary/aromatic N) is 2. The number of nitrogens with one attached hydrogen (secondary N) is 1. The van der Waals surface area contributed by atoms with Crippen LogP contribution in [0.5, 0.6) is 0 Å². The van der Waals surface area contributed by atoms with E-state index in [1.165, 1.54) is 16.0 Å². The van der Waals surface area contributed by atoms with Crippen LogP contribution in [0, 0.1) is 6.92 Å². The zero-order chi connectivity index (χ0) is 19.0. The Morgan fingerprint density at radius 1 is 1.11 bits per heavy atom. The van der Waals surface area contributed by atoms with Crippen LogP contribution in [0.2, 0.25) is 0 Å². The molecule has 4 rings (SSSR count). The minimum atomic E-state index is 0.0285. The molecule has 1 aromatic carbocycles. The van der Waals surface area contributed by atoms with Crippen LogP contribution >= 0.6 is 23.6 Å². The molecule has 3 heterocycles. The van der Waals surface area contributed by atoms with Crippen LogP contribution in [0.4, 0.5) is 5.69 Å². The molecule has 0 bridgehead atoms. The summed E-state index contributed by atoms with van der Waals surface area (Å²) in [5.74, 6) is 0.513. The average molecular weight is 394 g/mol. The predicted molar refractivity (Wildman–Crippen MR) is 118 cm³/mol. The molecule has 0 aliphatic carbocycles. The first-order valence-electron chi connectivity index (χ1n) is 9.21. The topological polar surface area (TPSA) is 28.2 Å². The van der Waals surface area contributed by atoms with Gasteiger partial charge in [-0.3, -0.25) is 4.98 Å². The molecule has 0 radical (unpaired) electrons. The van der Waals surface area contributed by atoms with Crippen LogP contribution in [0.3, 0.4) is 0 Å². The molecular formula is C22H23N3S2. The lowest BCUT2D eigenvalue weighted by molar-refractivity contribution is 0.573. The van der Waals surface area contributed by atoms with Crippen LogP contribution in [-0.2, 0) is 0 Å². The summed E-state index contributed by atoms with van der Waals surface area (Å²) in [5, 5.41) is 6.43. The lowest BCUT2D eigenvalue weighted by atomic mass is 9.99. The Hall–Kier alpha value is -2.24. The zero-order valence-electron chi connectivity index (χ0n) is 15.7. The monoisotopic (exact) mass is 393 g/mol. The summed E-state index contributed by atoms with van der Waals surface area (Å²) in [6.45, 7) is 6.60. The van der Waals surface area contributed by atoms with E-state index >= 15 is 0 Å². The van der Waals surface area contributed by atoms with Crippen molar-refractivity contribution in [3.8, 4) is 0 Å². The minimum absolute atomic E-state index is 0.0285. The van der Waals surface area contributed by atoms with Crippen LogP contribution in [-0.4, -0.2) is 10.1 Å². The maximum atomic E-state index is 5.77. The first-order chi connectivity index (χ1) is 13.1. The lowest BCUT2D eigenvalue weighted by Crippen LogP contribution is -2.29. The van der Waals surface area contributed by atoms with Gasteiger partial charge in [-0.05, 0) is 71.9 Å². The van der Waals surface area contributed by atoms with E-state index in [1.54, 1.807) is 11.3 Å². The van der Waals surface area contributed by atoms with E-state index < -0.39 is 0 Å². The predicted octanol–water partition coefficient (Wildman–Crippen LogP) is 5.75. The Labute approximate surface area is 170 Å². The highest BCUT2D eigenvalue weighted by Crippen LogP contribution is 2.44. The summed E-state index contributed by atoms with van der Waals surface area (Å²) in [5.41, 5.74) is 4.76. The van der Waals surface area contributed by atoms with Gasteiger partial charge in [0.05, 0.1) is 17.8 Å². The van der Waals surface area contributed by atoms with Crippen molar-refractivity contribution in [2.24, 2.45) is 0 Å². The molecule has 0 amide bonds. The molecule has 1 aliphatic heterocycles. The van der Waals surface area contributed by atoms with Crippen LogP contribution in [0.15, 0.2) is 60.1 Å². The van der Waals surface area contributed by atoms with E-state index in [9.17, 15) is 0 Å². The summed E-state index contributed by atoms with van der Waals surface area (Å²) in [6, 6.07) is 17.1. The van der Waals surface area contributed by atoms with E-state index in [0.29, 0.717) is 5.92 Å². The number of rotatable bonds is 4. The van der Waals surface area contributed by atoms with Crippen molar-refractivity contribution >= 4 is 34.4 Å². The molecule has 3 aromatic rings. The number of benzene rings is 1. The van der Waals surface area contributed by atoms with Gasteiger partial charge >= 0.3 is 0 Å².